The lowest BCUT2D eigenvalue weighted by molar-refractivity contribution is -0.385. The van der Waals surface area contributed by atoms with Gasteiger partial charge in [0.2, 0.25) is 0 Å². The summed E-state index contributed by atoms with van der Waals surface area (Å²) < 4.78 is 15.4. The fraction of sp³-hybridized carbons (Fsp3) is 0.500. The fourth-order valence-electron chi connectivity index (χ4n) is 2.97. The maximum Gasteiger partial charge on any atom is 0.448 e. The van der Waals surface area contributed by atoms with E-state index in [0.29, 0.717) is 31.3 Å². The van der Waals surface area contributed by atoms with Crippen molar-refractivity contribution in [3.8, 4) is 23.0 Å². The van der Waals surface area contributed by atoms with Gasteiger partial charge in [-0.25, -0.2) is 0 Å². The Morgan fingerprint density at radius 3 is 0.812 bits per heavy atom. The summed E-state index contributed by atoms with van der Waals surface area (Å²) in [6, 6.07) is 24.4. The minimum absolute atomic E-state index is 0. The molecule has 0 unspecified atom stereocenters. The van der Waals surface area contributed by atoms with Crippen LogP contribution in [-0.4, -0.2) is 73.9 Å². The van der Waals surface area contributed by atoms with Crippen molar-refractivity contribution in [3.05, 3.63) is 127 Å². The summed E-state index contributed by atoms with van der Waals surface area (Å²) in [5.41, 5.74) is 6.38. The van der Waals surface area contributed by atoms with Gasteiger partial charge in [0.15, 0.2) is 0 Å². The number of phenols is 1. The van der Waals surface area contributed by atoms with Gasteiger partial charge in [0.1, 0.15) is 23.0 Å². The van der Waals surface area contributed by atoms with Crippen LogP contribution in [0.1, 0.15) is 118 Å². The van der Waals surface area contributed by atoms with Crippen molar-refractivity contribution in [2.75, 3.05) is 42.6 Å². The van der Waals surface area contributed by atoms with E-state index in [2.05, 4.69) is 47.8 Å². The second kappa shape index (κ2) is 84.2. The van der Waals surface area contributed by atoms with Crippen molar-refractivity contribution in [1.82, 2.24) is 0 Å². The second-order valence-corrected chi connectivity index (χ2v) is 10.2. The first-order valence-corrected chi connectivity index (χ1v) is 26.3. The molecule has 0 amide bonds. The van der Waals surface area contributed by atoms with E-state index in [1.54, 1.807) is 24.3 Å². The van der Waals surface area contributed by atoms with Gasteiger partial charge >= 0.3 is 7.12 Å². The van der Waals surface area contributed by atoms with E-state index < -0.39 is 21.9 Å². The summed E-state index contributed by atoms with van der Waals surface area (Å²) in [5, 5.41) is 55.5. The molecule has 0 saturated heterocycles. The van der Waals surface area contributed by atoms with Crippen molar-refractivity contribution < 1.29 is 44.1 Å². The average Bonchev–Trinajstić information content (AvgIpc) is 3.36. The molecule has 0 aliphatic rings. The topological polar surface area (TPSA) is 244 Å². The van der Waals surface area contributed by atoms with E-state index in [9.17, 15) is 30.3 Å². The largest absolute Gasteiger partial charge is 0.508 e. The normalized spacial score (nSPS) is 7.30. The number of ether oxygens (including phenoxy) is 3. The average molecular weight is 1290 g/mol. The summed E-state index contributed by atoms with van der Waals surface area (Å²) in [6.07, 6.45) is 0. The number of nitrogens with zero attached hydrogens (tertiary/aromatic N) is 3. The molecule has 4 rings (SSSR count). The monoisotopic (exact) mass is 1290 g/mol. The van der Waals surface area contributed by atoms with Gasteiger partial charge in [-0.15, -0.1) is 24.0 Å². The molecule has 16 nitrogen and oxygen atoms in total. The highest BCUT2D eigenvalue weighted by atomic mass is 127. The lowest BCUT2D eigenvalue weighted by Gasteiger charge is -2.01. The van der Waals surface area contributed by atoms with Gasteiger partial charge in [0.25, 0.3) is 17.1 Å². The van der Waals surface area contributed by atoms with Crippen molar-refractivity contribution in [2.45, 2.75) is 125 Å². The zero-order valence-electron chi connectivity index (χ0n) is 44.1. The van der Waals surface area contributed by atoms with Gasteiger partial charge in [-0.3, -0.25) is 30.3 Å². The minimum Gasteiger partial charge on any atom is -0.508 e. The Bertz CT molecular complexity index is 1460. The van der Waals surface area contributed by atoms with E-state index in [4.69, 9.17) is 35.1 Å². The van der Waals surface area contributed by atoms with Crippen molar-refractivity contribution in [1.29, 1.82) is 0 Å². The molecule has 0 aliphatic carbocycles. The molecule has 5 N–H and O–H groups in total. The molecule has 0 spiro atoms. The van der Waals surface area contributed by atoms with E-state index in [1.165, 1.54) is 55.4 Å². The Morgan fingerprint density at radius 1 is 0.493 bits per heavy atom. The molecule has 0 aliphatic heterocycles. The SMILES string of the molecule is C.CB(O)O.CBr.CBr.CC.CC.CC.CC.CC.CC.CCBr.CCOc1ccc(N)cc1.CCOc1ccc([N+](=O)[O-])cc1.CCOc1ccc([N+](=O)[O-])cc1.I.O=[N+]([O-])c1ccc(O)cc1. The standard InChI is InChI=1S/2C8H9NO3.C8H11NO.C6H5NO3.C2H5Br.6C2H6.CH5BO2.2CH3Br.CH4.HI/c2*1-2-12-8-5-3-7(4-6-8)9(10)11;1-2-10-8-5-3-7(9)4-6-8;8-6-3-1-5(2-4-6)7(9)10;1-2-3;6*1-2;1-2(3)4;2*1-2;;/h2*3-6H,2H2,1H3;3-6H,2,9H2,1H3;1-4,8H;2H2,1H3;6*1-2H3;3-4H,1H3;2*1H3;1H4;1H. The Hall–Kier alpha value is -3.77. The maximum atomic E-state index is 10.2. The van der Waals surface area contributed by atoms with E-state index in [1.807, 2.05) is 147 Å². The van der Waals surface area contributed by atoms with Crippen LogP contribution >= 0.6 is 71.8 Å². The van der Waals surface area contributed by atoms with Gasteiger partial charge in [-0.05, 0) is 99.9 Å². The Balaban J connectivity index is -0.0000000545. The van der Waals surface area contributed by atoms with Crippen LogP contribution in [0.5, 0.6) is 23.0 Å². The number of halogens is 4. The molecule has 406 valence electrons. The Kier molecular flexibility index (Phi) is 116. The van der Waals surface area contributed by atoms with Gasteiger partial charge in [-0.1, -0.05) is 145 Å². The molecule has 4 aromatic rings. The highest BCUT2D eigenvalue weighted by Crippen LogP contribution is 2.18. The number of nitrogen functional groups attached to an aromatic ring is 1. The van der Waals surface area contributed by atoms with Crippen LogP contribution < -0.4 is 19.9 Å². The minimum atomic E-state index is -1.17. The summed E-state index contributed by atoms with van der Waals surface area (Å²) in [7, 11) is -1.17. The quantitative estimate of drug-likeness (QED) is 0.0305. The molecular formula is C48H91BBr3IN4O12. The van der Waals surface area contributed by atoms with Crippen LogP contribution in [0.15, 0.2) is 97.1 Å². The predicted molar refractivity (Wildman–Crippen MR) is 321 cm³/mol. The number of nitrogens with two attached hydrogens (primary N) is 1. The molecular weight excluding hydrogens is 1200 g/mol. The van der Waals surface area contributed by atoms with Gasteiger partial charge in [0.05, 0.1) is 34.6 Å². The first kappa shape index (κ1) is 95.0. The lowest BCUT2D eigenvalue weighted by Crippen LogP contribution is -2.00. The third-order valence-corrected chi connectivity index (χ3v) is 4.97. The molecule has 0 atom stereocenters. The Labute approximate surface area is 460 Å². The molecule has 0 aromatic heterocycles. The number of hydrogen-bond donors (Lipinski definition) is 4. The van der Waals surface area contributed by atoms with Crippen molar-refractivity contribution in [2.24, 2.45) is 0 Å². The number of hydrogen-bond acceptors (Lipinski definition) is 13. The number of aromatic hydroxyl groups is 1. The number of phenolic OH excluding ortho intramolecular Hbond substituents is 1. The maximum absolute atomic E-state index is 10.2. The Morgan fingerprint density at radius 2 is 0.652 bits per heavy atom. The molecule has 69 heavy (non-hydrogen) atoms. The number of nitro groups is 3. The third kappa shape index (κ3) is 75.9. The van der Waals surface area contributed by atoms with Crippen molar-refractivity contribution in [3.63, 3.8) is 0 Å². The molecule has 0 heterocycles. The first-order chi connectivity index (χ1) is 32.1. The summed E-state index contributed by atoms with van der Waals surface area (Å²) >= 11 is 9.02. The van der Waals surface area contributed by atoms with Crippen LogP contribution in [0.25, 0.3) is 0 Å². The molecule has 0 saturated carbocycles. The fourth-order valence-corrected chi connectivity index (χ4v) is 2.97. The van der Waals surface area contributed by atoms with Crippen LogP contribution in [0.2, 0.25) is 6.82 Å². The number of non-ortho nitro benzene ring substituents is 3. The number of alkyl halides is 3. The smallest absolute Gasteiger partial charge is 0.448 e. The van der Waals surface area contributed by atoms with Crippen LogP contribution in [-0.2, 0) is 0 Å². The van der Waals surface area contributed by atoms with Gasteiger partial charge in [0, 0.05) is 47.4 Å². The summed E-state index contributed by atoms with van der Waals surface area (Å²) in [5.74, 6) is 5.84. The van der Waals surface area contributed by atoms with E-state index in [-0.39, 0.29) is 54.2 Å². The zero-order valence-corrected chi connectivity index (χ0v) is 51.2. The molecule has 0 radical (unpaired) electrons. The molecule has 4 aromatic carbocycles. The van der Waals surface area contributed by atoms with Crippen LogP contribution in [0.3, 0.4) is 0 Å². The van der Waals surface area contributed by atoms with E-state index in [0.717, 1.165) is 16.8 Å². The number of anilines is 1. The first-order valence-electron chi connectivity index (χ1n) is 22.0. The van der Waals surface area contributed by atoms with Gasteiger partial charge in [-0.2, -0.15) is 0 Å². The summed E-state index contributed by atoms with van der Waals surface area (Å²) in [6.45, 7) is 34.8. The lowest BCUT2D eigenvalue weighted by atomic mass is 9.99. The van der Waals surface area contributed by atoms with Crippen LogP contribution in [0.4, 0.5) is 22.7 Å². The number of nitro benzene ring substituents is 3. The number of rotatable bonds is 9. The zero-order chi connectivity index (χ0) is 55.2. The molecule has 0 bridgehead atoms. The van der Waals surface area contributed by atoms with Crippen molar-refractivity contribution >= 4 is 102 Å². The van der Waals surface area contributed by atoms with Gasteiger partial charge < -0.3 is 35.1 Å². The highest BCUT2D eigenvalue weighted by Gasteiger charge is 2.04. The highest BCUT2D eigenvalue weighted by molar-refractivity contribution is 14.0. The predicted octanol–water partition coefficient (Wildman–Crippen LogP) is 16.9. The third-order valence-electron chi connectivity index (χ3n) is 4.97. The van der Waals surface area contributed by atoms with Crippen LogP contribution in [0, 0.1) is 30.3 Å². The summed E-state index contributed by atoms with van der Waals surface area (Å²) in [4.78, 5) is 29.1. The second-order valence-electron chi connectivity index (χ2n) is 9.04. The molecule has 0 fully saturated rings. The van der Waals surface area contributed by atoms with E-state index >= 15 is 0 Å². The number of benzene rings is 4. The molecule has 21 heteroatoms.